The first-order valence-electron chi connectivity index (χ1n) is 33.2. The van der Waals surface area contributed by atoms with Crippen molar-refractivity contribution in [1.82, 2.24) is 0 Å². The monoisotopic (exact) mass is 1710 g/mol. The van der Waals surface area contributed by atoms with Gasteiger partial charge in [0.05, 0.1) is 45.5 Å². The standard InChI is InChI=1S/2C38H32N6.4C2H4O2.2Ni.2Pd/c2*1-37(2)27-13-5-7-15-29(27)43-35(37)25-21-39-31-17-9-11-19-33(31)41-23-26(24-42-34-20-12-10-18-32(34)40-22-25)36-38(3,4)28-14-6-8-16-30(28)44-36;4*1-2(3)4;;;;/h2*5-24H,1-4H3;4*1H3,(H,3,4);;;;/q2*-2;;;;;4*+2/p-4/b25-21+,36-26+,40-22?,41-23?,42-24?;25-21+,36-26-,40-22?,41-23?,42-24?;;;;;;;;. The molecule has 0 N–H and O–H groups in total. The van der Waals surface area contributed by atoms with E-state index in [0.717, 1.165) is 141 Å². The van der Waals surface area contributed by atoms with Crippen LogP contribution in [-0.4, -0.2) is 72.6 Å². The van der Waals surface area contributed by atoms with Crippen LogP contribution in [0.2, 0.25) is 0 Å². The van der Waals surface area contributed by atoms with Crippen LogP contribution in [0, 0.1) is 0 Å². The topological polar surface area (TPSA) is 316 Å². The zero-order valence-corrected chi connectivity index (χ0v) is 66.1. The molecule has 8 aromatic rings. The third-order valence-corrected chi connectivity index (χ3v) is 17.0. The van der Waals surface area contributed by atoms with Gasteiger partial charge in [-0.2, -0.15) is 12.4 Å². The van der Waals surface area contributed by atoms with E-state index in [4.69, 9.17) is 101 Å². The minimum atomic E-state index is -1.08. The first-order valence-corrected chi connectivity index (χ1v) is 33.2. The van der Waals surface area contributed by atoms with Gasteiger partial charge in [0.2, 0.25) is 0 Å². The summed E-state index contributed by atoms with van der Waals surface area (Å²) < 4.78 is 0. The van der Waals surface area contributed by atoms with Crippen molar-refractivity contribution in [2.75, 3.05) is 0 Å². The third kappa shape index (κ3) is 21.9. The van der Waals surface area contributed by atoms with Gasteiger partial charge in [0, 0.05) is 83.4 Å². The van der Waals surface area contributed by atoms with Crippen molar-refractivity contribution in [3.05, 3.63) is 284 Å². The number of carbonyl (C=O) groups excluding carboxylic acids is 4. The number of carbonyl (C=O) groups is 4. The number of para-hydroxylation sites is 12. The molecule has 0 saturated heterocycles. The molecule has 14 rings (SSSR count). The number of hydrogen-bond donors (Lipinski definition) is 0. The largest absolute Gasteiger partial charge is 2.00 e. The quantitative estimate of drug-likeness (QED) is 0.149. The molecular formula is C84H76N12Ni2O8Pd2. The van der Waals surface area contributed by atoms with E-state index in [2.05, 4.69) is 128 Å². The average Bonchev–Trinajstić information content (AvgIpc) is 1.63. The Morgan fingerprint density at radius 3 is 0.796 bits per heavy atom. The predicted molar refractivity (Wildman–Crippen MR) is 412 cm³/mol. The summed E-state index contributed by atoms with van der Waals surface area (Å²) in [6.45, 7) is 21.4. The Balaban J connectivity index is 0.000000313. The fraction of sp³-hybridized carbons (Fsp3) is 0.190. The van der Waals surface area contributed by atoms with Crippen molar-refractivity contribution >= 4 is 141 Å². The Kier molecular flexibility index (Phi) is 32.1. The number of aliphatic imine (C=N–C) groups is 8. The average molecular weight is 1710 g/mol. The Morgan fingerprint density at radius 2 is 0.519 bits per heavy atom. The Morgan fingerprint density at radius 1 is 0.296 bits per heavy atom. The summed E-state index contributed by atoms with van der Waals surface area (Å²) in [5.41, 5.74) is 20.3. The Hall–Kier alpha value is -10.5. The van der Waals surface area contributed by atoms with E-state index in [9.17, 15) is 0 Å². The van der Waals surface area contributed by atoms with Crippen molar-refractivity contribution in [3.63, 3.8) is 0 Å². The van der Waals surface area contributed by atoms with Gasteiger partial charge in [-0.05, 0) is 120 Å². The number of aliphatic carboxylic acids is 4. The van der Waals surface area contributed by atoms with Crippen LogP contribution in [0.15, 0.2) is 280 Å². The van der Waals surface area contributed by atoms with Crippen LogP contribution in [0.5, 0.6) is 0 Å². The minimum absolute atomic E-state index is 0. The second-order valence-electron chi connectivity index (χ2n) is 26.2. The summed E-state index contributed by atoms with van der Waals surface area (Å²) in [6, 6.07) is 64.6. The Bertz CT molecular complexity index is 4680. The fourth-order valence-electron chi connectivity index (χ4n) is 12.1. The number of nitrogens with zero attached hydrogens (tertiary/aromatic N) is 12. The van der Waals surface area contributed by atoms with E-state index in [-0.39, 0.29) is 95.5 Å². The van der Waals surface area contributed by atoms with Gasteiger partial charge in [-0.1, -0.05) is 212 Å². The summed E-state index contributed by atoms with van der Waals surface area (Å²) in [5, 5.41) is 55.5. The second kappa shape index (κ2) is 39.4. The molecule has 0 aromatic heterocycles. The zero-order valence-electron chi connectivity index (χ0n) is 61.0. The molecule has 24 heteroatoms. The number of allylic oxidation sites excluding steroid dienone is 6. The molecule has 0 saturated carbocycles. The Labute approximate surface area is 677 Å². The summed E-state index contributed by atoms with van der Waals surface area (Å²) in [6.07, 6.45) is 14.8. The van der Waals surface area contributed by atoms with Crippen molar-refractivity contribution in [2.45, 2.75) is 105 Å². The molecule has 6 aliphatic heterocycles. The molecular weight excluding hydrogens is 1640 g/mol. The zero-order chi connectivity index (χ0) is 74.9. The molecule has 0 aliphatic carbocycles. The van der Waals surface area contributed by atoms with Crippen molar-refractivity contribution in [3.8, 4) is 0 Å². The van der Waals surface area contributed by atoms with Gasteiger partial charge in [-0.15, -0.1) is 34.1 Å². The van der Waals surface area contributed by atoms with Gasteiger partial charge in [0.15, 0.2) is 0 Å². The van der Waals surface area contributed by atoms with Gasteiger partial charge < -0.3 is 60.9 Å². The summed E-state index contributed by atoms with van der Waals surface area (Å²) in [5.74, 6) is -4.33. The van der Waals surface area contributed by atoms with E-state index >= 15 is 0 Å². The molecule has 8 aromatic carbocycles. The maximum atomic E-state index is 8.89. The molecule has 0 radical (unpaired) electrons. The van der Waals surface area contributed by atoms with Gasteiger partial charge >= 0.3 is 73.8 Å². The first kappa shape index (κ1) is 88.1. The van der Waals surface area contributed by atoms with Crippen molar-refractivity contribution in [2.24, 2.45) is 39.9 Å². The number of benzene rings is 8. The molecule has 0 amide bonds. The molecule has 20 nitrogen and oxygen atoms in total. The summed E-state index contributed by atoms with van der Waals surface area (Å²) >= 11 is 0. The molecule has 0 bridgehead atoms. The van der Waals surface area contributed by atoms with Crippen molar-refractivity contribution in [1.29, 1.82) is 0 Å². The molecule has 108 heavy (non-hydrogen) atoms. The van der Waals surface area contributed by atoms with E-state index < -0.39 is 23.9 Å². The molecule has 0 spiro atoms. The van der Waals surface area contributed by atoms with Crippen LogP contribution in [-0.2, 0) is 115 Å². The van der Waals surface area contributed by atoms with E-state index in [1.165, 1.54) is 22.3 Å². The van der Waals surface area contributed by atoms with Gasteiger partial charge in [-0.25, -0.2) is 0 Å². The van der Waals surface area contributed by atoms with E-state index in [1.807, 2.05) is 171 Å². The fourth-order valence-corrected chi connectivity index (χ4v) is 12.1. The smallest absolute Gasteiger partial charge is 0.662 e. The number of hydrogen-bond acceptors (Lipinski definition) is 16. The molecule has 6 aliphatic rings. The number of carboxylic acids is 4. The van der Waals surface area contributed by atoms with Crippen LogP contribution in [0.1, 0.15) is 105 Å². The van der Waals surface area contributed by atoms with Gasteiger partial charge in [0.1, 0.15) is 0 Å². The van der Waals surface area contributed by atoms with Gasteiger partial charge in [-0.3, -0.25) is 39.9 Å². The minimum Gasteiger partial charge on any atom is -0.662 e. The second-order valence-corrected chi connectivity index (χ2v) is 26.2. The van der Waals surface area contributed by atoms with Crippen LogP contribution in [0.4, 0.5) is 68.2 Å². The summed E-state index contributed by atoms with van der Waals surface area (Å²) in [7, 11) is 0. The molecule has 0 atom stereocenters. The van der Waals surface area contributed by atoms with E-state index in [0.29, 0.717) is 0 Å². The maximum Gasteiger partial charge on any atom is 2.00 e. The van der Waals surface area contributed by atoms with Gasteiger partial charge in [0.25, 0.3) is 0 Å². The maximum absolute atomic E-state index is 8.89. The molecule has 0 fully saturated rings. The SMILES string of the molecule is CC(=O)[O-].CC(=O)[O-].CC(=O)[O-].CC(=O)[O-].CC1(C)C(/C2=C/[N-]c3ccccc3N=C/C(=C3/[N-]c4ccccc4C3(C)C)C=Nc3ccccc3N=C2)=Nc2ccccc21.CC1(C)C(/C2=C/[N-]c3ccccc3N=C/C(=C3\[N-]c4ccccc4C3(C)C)C=Nc3ccccc3N=C2)=Nc2ccccc21.[Ni+2].[Ni+2].[Pd+2].[Pd+2]. The van der Waals surface area contributed by atoms with Crippen LogP contribution in [0.25, 0.3) is 21.3 Å². The van der Waals surface area contributed by atoms with Crippen LogP contribution in [0.3, 0.4) is 0 Å². The molecule has 0 unspecified atom stereocenters. The van der Waals surface area contributed by atoms with Crippen LogP contribution < -0.4 is 20.4 Å². The van der Waals surface area contributed by atoms with E-state index in [1.54, 1.807) is 0 Å². The number of fused-ring (bicyclic) bond motifs is 8. The molecule has 560 valence electrons. The molecule has 6 heterocycles. The number of rotatable bonds is 2. The first-order chi connectivity index (χ1) is 49.6. The third-order valence-electron chi connectivity index (χ3n) is 17.0. The van der Waals surface area contributed by atoms with Crippen LogP contribution >= 0.6 is 0 Å². The van der Waals surface area contributed by atoms with Crippen molar-refractivity contribution < 1.29 is 113 Å². The summed E-state index contributed by atoms with van der Waals surface area (Å²) in [4.78, 5) is 75.3. The normalized spacial score (nSPS) is 17.7. The predicted octanol–water partition coefficient (Wildman–Crippen LogP) is 16.4. The number of carboxylic acid groups (broad SMARTS) is 4.